The second-order valence-electron chi connectivity index (χ2n) is 6.12. The molecule has 0 aliphatic rings. The molecular weight excluding hydrogens is 356 g/mol. The van der Waals surface area contributed by atoms with Crippen LogP contribution in [-0.2, 0) is 12.1 Å². The normalized spacial score (nSPS) is 12.6. The lowest BCUT2D eigenvalue weighted by molar-refractivity contribution is -0.323. The van der Waals surface area contributed by atoms with Gasteiger partial charge >= 0.3 is 12.1 Å². The molecule has 0 heterocycles. The van der Waals surface area contributed by atoms with Crippen molar-refractivity contribution >= 4 is 0 Å². The Morgan fingerprint density at radius 3 is 2.04 bits per heavy atom. The summed E-state index contributed by atoms with van der Waals surface area (Å²) in [6.45, 7) is 3.44. The maximum atomic E-state index is 14.2. The van der Waals surface area contributed by atoms with Crippen molar-refractivity contribution in [1.29, 1.82) is 0 Å². The van der Waals surface area contributed by atoms with E-state index in [0.29, 0.717) is 6.07 Å². The van der Waals surface area contributed by atoms with E-state index in [0.717, 1.165) is 18.2 Å². The van der Waals surface area contributed by atoms with E-state index >= 15 is 0 Å². The van der Waals surface area contributed by atoms with Crippen LogP contribution in [0, 0.1) is 5.82 Å². The third-order valence-corrected chi connectivity index (χ3v) is 3.94. The first-order chi connectivity index (χ1) is 11.9. The molecule has 142 valence electrons. The van der Waals surface area contributed by atoms with E-state index in [1.165, 1.54) is 13.2 Å². The number of benzene rings is 2. The highest BCUT2D eigenvalue weighted by molar-refractivity contribution is 5.75. The van der Waals surface area contributed by atoms with E-state index in [2.05, 4.69) is 0 Å². The summed E-state index contributed by atoms with van der Waals surface area (Å²) in [4.78, 5) is 0. The van der Waals surface area contributed by atoms with Gasteiger partial charge < -0.3 is 20.1 Å². The smallest absolute Gasteiger partial charge is 0.416 e. The molecule has 0 amide bonds. The number of ether oxygens (including phenoxy) is 1. The Labute approximate surface area is 147 Å². The average molecular weight is 374 g/mol. The van der Waals surface area contributed by atoms with Gasteiger partial charge in [0, 0.05) is 17.2 Å². The third kappa shape index (κ3) is 3.98. The molecule has 0 unspecified atom stereocenters. The quantitative estimate of drug-likeness (QED) is 0.563. The van der Waals surface area contributed by atoms with Gasteiger partial charge in [-0.15, -0.1) is 0 Å². The van der Waals surface area contributed by atoms with E-state index in [9.17, 15) is 32.9 Å². The van der Waals surface area contributed by atoms with E-state index in [4.69, 9.17) is 4.74 Å². The monoisotopic (exact) mass is 374 g/mol. The van der Waals surface area contributed by atoms with Gasteiger partial charge in [-0.2, -0.15) is 13.2 Å². The predicted octanol–water partition coefficient (Wildman–Crippen LogP) is 3.73. The molecule has 0 saturated carbocycles. The number of methoxy groups -OCH3 is 1. The molecule has 2 aromatic rings. The van der Waals surface area contributed by atoms with Crippen LogP contribution in [0.4, 0.5) is 17.6 Å². The maximum Gasteiger partial charge on any atom is 0.416 e. The zero-order chi connectivity index (χ0) is 19.9. The minimum atomic E-state index is -4.76. The SMILES string of the molecule is COc1cc(F)c(C(C)C)cc1-c1ccc(C(F)(F)F)cc1C(O)(O)O. The number of hydrogen-bond donors (Lipinski definition) is 3. The van der Waals surface area contributed by atoms with Gasteiger partial charge in [0.15, 0.2) is 0 Å². The molecule has 0 aromatic heterocycles. The van der Waals surface area contributed by atoms with Crippen molar-refractivity contribution in [3.8, 4) is 16.9 Å². The summed E-state index contributed by atoms with van der Waals surface area (Å²) < 4.78 is 58.1. The third-order valence-electron chi connectivity index (χ3n) is 3.94. The van der Waals surface area contributed by atoms with Crippen molar-refractivity contribution in [2.75, 3.05) is 7.11 Å². The van der Waals surface area contributed by atoms with Gasteiger partial charge in [0.25, 0.3) is 0 Å². The molecule has 2 aromatic carbocycles. The molecule has 0 fully saturated rings. The summed E-state index contributed by atoms with van der Waals surface area (Å²) >= 11 is 0. The van der Waals surface area contributed by atoms with Crippen molar-refractivity contribution in [3.63, 3.8) is 0 Å². The van der Waals surface area contributed by atoms with Crippen LogP contribution in [0.25, 0.3) is 11.1 Å². The largest absolute Gasteiger partial charge is 0.496 e. The standard InChI is InChI=1S/C18H18F4O4/c1-9(2)12-7-13(16(26-3)8-15(12)19)11-5-4-10(17(20,21)22)6-14(11)18(23,24)25/h4-9,23-25H,1-3H3. The number of halogens is 4. The summed E-state index contributed by atoms with van der Waals surface area (Å²) in [5.74, 6) is -4.39. The summed E-state index contributed by atoms with van der Waals surface area (Å²) in [5.41, 5.74) is -1.74. The van der Waals surface area contributed by atoms with Crippen molar-refractivity contribution in [1.82, 2.24) is 0 Å². The minimum Gasteiger partial charge on any atom is -0.496 e. The Bertz CT molecular complexity index is 808. The molecular formula is C18H18F4O4. The zero-order valence-corrected chi connectivity index (χ0v) is 14.2. The summed E-state index contributed by atoms with van der Waals surface area (Å²) in [5, 5.41) is 28.6. The van der Waals surface area contributed by atoms with Gasteiger partial charge in [0.2, 0.25) is 0 Å². The van der Waals surface area contributed by atoms with Gasteiger partial charge in [-0.05, 0) is 35.2 Å². The van der Waals surface area contributed by atoms with Crippen molar-refractivity contribution in [3.05, 3.63) is 52.8 Å². The highest BCUT2D eigenvalue weighted by Crippen LogP contribution is 2.41. The first-order valence-electron chi connectivity index (χ1n) is 7.63. The summed E-state index contributed by atoms with van der Waals surface area (Å²) in [6.07, 6.45) is -4.76. The second kappa shape index (κ2) is 6.86. The predicted molar refractivity (Wildman–Crippen MR) is 85.8 cm³/mol. The Balaban J connectivity index is 2.81. The van der Waals surface area contributed by atoms with Gasteiger partial charge in [0.1, 0.15) is 11.6 Å². The fourth-order valence-electron chi connectivity index (χ4n) is 2.63. The Morgan fingerprint density at radius 1 is 0.962 bits per heavy atom. The molecule has 8 heteroatoms. The molecule has 0 radical (unpaired) electrons. The molecule has 0 aliphatic carbocycles. The summed E-state index contributed by atoms with van der Waals surface area (Å²) in [6, 6.07) is 4.52. The lowest BCUT2D eigenvalue weighted by atomic mass is 9.91. The molecule has 0 aliphatic heterocycles. The fraction of sp³-hybridized carbons (Fsp3) is 0.333. The molecule has 2 rings (SSSR count). The highest BCUT2D eigenvalue weighted by atomic mass is 19.4. The molecule has 0 saturated heterocycles. The molecule has 3 N–H and O–H groups in total. The fourth-order valence-corrected chi connectivity index (χ4v) is 2.63. The molecule has 0 bridgehead atoms. The molecule has 4 nitrogen and oxygen atoms in total. The molecule has 0 spiro atoms. The Kier molecular flexibility index (Phi) is 5.32. The first kappa shape index (κ1) is 20.2. The van der Waals surface area contributed by atoms with Crippen LogP contribution in [-0.4, -0.2) is 22.4 Å². The number of hydrogen-bond acceptors (Lipinski definition) is 4. The maximum absolute atomic E-state index is 14.2. The number of alkyl halides is 3. The second-order valence-corrected chi connectivity index (χ2v) is 6.12. The lowest BCUT2D eigenvalue weighted by Crippen LogP contribution is -2.25. The van der Waals surface area contributed by atoms with Gasteiger partial charge in [0.05, 0.1) is 12.7 Å². The molecule has 0 atom stereocenters. The van der Waals surface area contributed by atoms with Gasteiger partial charge in [-0.1, -0.05) is 19.9 Å². The average Bonchev–Trinajstić information content (AvgIpc) is 2.52. The zero-order valence-electron chi connectivity index (χ0n) is 14.2. The van der Waals surface area contributed by atoms with Crippen LogP contribution in [0.2, 0.25) is 0 Å². The van der Waals surface area contributed by atoms with E-state index in [-0.39, 0.29) is 28.4 Å². The van der Waals surface area contributed by atoms with Crippen molar-refractivity contribution in [2.24, 2.45) is 0 Å². The van der Waals surface area contributed by atoms with Crippen molar-refractivity contribution in [2.45, 2.75) is 31.9 Å². The van der Waals surface area contributed by atoms with E-state index < -0.39 is 29.1 Å². The van der Waals surface area contributed by atoms with Crippen LogP contribution < -0.4 is 4.74 Å². The van der Waals surface area contributed by atoms with Crippen LogP contribution in [0.5, 0.6) is 5.75 Å². The van der Waals surface area contributed by atoms with Crippen LogP contribution in [0.15, 0.2) is 30.3 Å². The Hall–Kier alpha value is -2.16. The topological polar surface area (TPSA) is 69.9 Å². The Morgan fingerprint density at radius 2 is 1.58 bits per heavy atom. The van der Waals surface area contributed by atoms with E-state index in [1.807, 2.05) is 0 Å². The van der Waals surface area contributed by atoms with Crippen LogP contribution >= 0.6 is 0 Å². The number of rotatable bonds is 4. The van der Waals surface area contributed by atoms with Crippen molar-refractivity contribution < 1.29 is 37.6 Å². The molecule has 26 heavy (non-hydrogen) atoms. The number of aliphatic hydroxyl groups is 3. The van der Waals surface area contributed by atoms with E-state index in [1.54, 1.807) is 13.8 Å². The highest BCUT2D eigenvalue weighted by Gasteiger charge is 2.35. The van der Waals surface area contributed by atoms with Crippen LogP contribution in [0.1, 0.15) is 36.5 Å². The minimum absolute atomic E-state index is 0.0304. The lowest BCUT2D eigenvalue weighted by Gasteiger charge is -2.22. The van der Waals surface area contributed by atoms with Gasteiger partial charge in [-0.3, -0.25) is 0 Å². The first-order valence-corrected chi connectivity index (χ1v) is 7.63. The van der Waals surface area contributed by atoms with Crippen LogP contribution in [0.3, 0.4) is 0 Å². The summed E-state index contributed by atoms with van der Waals surface area (Å²) in [7, 11) is 1.24. The van der Waals surface area contributed by atoms with Gasteiger partial charge in [-0.25, -0.2) is 4.39 Å².